The van der Waals surface area contributed by atoms with Crippen molar-refractivity contribution in [3.8, 4) is 0 Å². The van der Waals surface area contributed by atoms with Crippen LogP contribution in [0.15, 0.2) is 30.3 Å². The molecule has 1 aromatic rings. The van der Waals surface area contributed by atoms with E-state index < -0.39 is 0 Å². The lowest BCUT2D eigenvalue weighted by atomic mass is 10.2. The summed E-state index contributed by atoms with van der Waals surface area (Å²) in [6.07, 6.45) is 13.4. The second-order valence-corrected chi connectivity index (χ2v) is 10.7. The van der Waals surface area contributed by atoms with Gasteiger partial charge in [-0.2, -0.15) is 0 Å². The Hall–Kier alpha value is -0.980. The summed E-state index contributed by atoms with van der Waals surface area (Å²) in [4.78, 5) is 2.64. The van der Waals surface area contributed by atoms with Crippen molar-refractivity contribution >= 4 is 0 Å². The van der Waals surface area contributed by atoms with E-state index >= 15 is 0 Å². The Morgan fingerprint density at radius 2 is 1.00 bits per heavy atom. The first-order valence-corrected chi connectivity index (χ1v) is 14.5. The molecule has 0 unspecified atom stereocenters. The number of rotatable bonds is 24. The van der Waals surface area contributed by atoms with Crippen LogP contribution < -0.4 is 21.3 Å². The number of nitrogens with one attached hydrogen (secondary N) is 4. The summed E-state index contributed by atoms with van der Waals surface area (Å²) in [5, 5.41) is 14.5. The van der Waals surface area contributed by atoms with Crippen LogP contribution >= 0.6 is 0 Å². The van der Waals surface area contributed by atoms with Crippen molar-refractivity contribution in [1.29, 1.82) is 0 Å². The maximum Gasteiger partial charge on any atom is 0.0233 e. The van der Waals surface area contributed by atoms with Crippen molar-refractivity contribution in [3.05, 3.63) is 35.9 Å². The first kappa shape index (κ1) is 27.6. The topological polar surface area (TPSA) is 51.4 Å². The molecule has 5 nitrogen and oxygen atoms in total. The molecule has 34 heavy (non-hydrogen) atoms. The van der Waals surface area contributed by atoms with Crippen molar-refractivity contribution in [2.75, 3.05) is 65.4 Å². The van der Waals surface area contributed by atoms with Gasteiger partial charge in [-0.1, -0.05) is 30.3 Å². The van der Waals surface area contributed by atoms with Crippen molar-refractivity contribution < 1.29 is 0 Å². The minimum Gasteiger partial charge on any atom is -0.317 e. The molecule has 1 aromatic carbocycles. The maximum atomic E-state index is 3.66. The van der Waals surface area contributed by atoms with Crippen LogP contribution in [-0.2, 0) is 6.54 Å². The van der Waals surface area contributed by atoms with Gasteiger partial charge in [-0.25, -0.2) is 0 Å². The van der Waals surface area contributed by atoms with Gasteiger partial charge in [-0.3, -0.25) is 4.90 Å². The molecule has 0 heterocycles. The molecule has 0 aromatic heterocycles. The Morgan fingerprint density at radius 1 is 0.559 bits per heavy atom. The average Bonchev–Trinajstić information content (AvgIpc) is 3.78. The van der Waals surface area contributed by atoms with Crippen molar-refractivity contribution in [2.24, 2.45) is 11.8 Å². The zero-order chi connectivity index (χ0) is 23.5. The van der Waals surface area contributed by atoms with Crippen LogP contribution in [0.3, 0.4) is 0 Å². The van der Waals surface area contributed by atoms with Crippen LogP contribution in [0.5, 0.6) is 0 Å². The number of hydrogen-bond donors (Lipinski definition) is 4. The molecule has 5 heteroatoms. The zero-order valence-corrected chi connectivity index (χ0v) is 21.8. The maximum absolute atomic E-state index is 3.66. The fraction of sp³-hybridized carbons (Fsp3) is 0.793. The van der Waals surface area contributed by atoms with E-state index in [0.29, 0.717) is 0 Å². The van der Waals surface area contributed by atoms with E-state index in [1.807, 2.05) is 0 Å². The lowest BCUT2D eigenvalue weighted by Crippen LogP contribution is -2.30. The Bertz CT molecular complexity index is 555. The smallest absolute Gasteiger partial charge is 0.0233 e. The van der Waals surface area contributed by atoms with Gasteiger partial charge in [0.1, 0.15) is 0 Å². The highest BCUT2D eigenvalue weighted by Gasteiger charge is 2.20. The van der Waals surface area contributed by atoms with Gasteiger partial charge in [0, 0.05) is 6.54 Å². The van der Waals surface area contributed by atoms with E-state index in [2.05, 4.69) is 56.5 Å². The Morgan fingerprint density at radius 3 is 1.47 bits per heavy atom. The van der Waals surface area contributed by atoms with E-state index in [0.717, 1.165) is 44.6 Å². The van der Waals surface area contributed by atoms with Gasteiger partial charge in [0.15, 0.2) is 0 Å². The molecule has 3 rings (SSSR count). The second kappa shape index (κ2) is 18.3. The molecule has 0 aliphatic heterocycles. The lowest BCUT2D eigenvalue weighted by Gasteiger charge is -2.23. The van der Waals surface area contributed by atoms with Crippen LogP contribution in [-0.4, -0.2) is 70.3 Å². The van der Waals surface area contributed by atoms with E-state index in [9.17, 15) is 0 Å². The third-order valence-electron chi connectivity index (χ3n) is 7.08. The van der Waals surface area contributed by atoms with Crippen LogP contribution in [0.4, 0.5) is 0 Å². The Balaban J connectivity index is 1.16. The second-order valence-electron chi connectivity index (χ2n) is 10.7. The highest BCUT2D eigenvalue weighted by atomic mass is 15.1. The molecule has 0 atom stereocenters. The minimum absolute atomic E-state index is 0.997. The van der Waals surface area contributed by atoms with E-state index in [4.69, 9.17) is 0 Å². The fourth-order valence-electron chi connectivity index (χ4n) is 4.47. The lowest BCUT2D eigenvalue weighted by molar-refractivity contribution is 0.256. The molecular weight excluding hydrogens is 418 g/mol. The minimum atomic E-state index is 0.997. The summed E-state index contributed by atoms with van der Waals surface area (Å²) in [7, 11) is 0. The van der Waals surface area contributed by atoms with Crippen LogP contribution in [0.2, 0.25) is 0 Å². The normalized spacial score (nSPS) is 15.9. The van der Waals surface area contributed by atoms with Gasteiger partial charge < -0.3 is 21.3 Å². The highest BCUT2D eigenvalue weighted by molar-refractivity contribution is 5.14. The van der Waals surface area contributed by atoms with Crippen LogP contribution in [0, 0.1) is 11.8 Å². The molecule has 2 fully saturated rings. The Labute approximate surface area is 210 Å². The number of nitrogens with zero attached hydrogens (tertiary/aromatic N) is 1. The van der Waals surface area contributed by atoms with Crippen molar-refractivity contribution in [3.63, 3.8) is 0 Å². The van der Waals surface area contributed by atoms with Gasteiger partial charge in [-0.15, -0.1) is 0 Å². The van der Waals surface area contributed by atoms with Gasteiger partial charge in [0.2, 0.25) is 0 Å². The first-order chi connectivity index (χ1) is 16.9. The first-order valence-electron chi connectivity index (χ1n) is 14.5. The number of benzene rings is 1. The number of unbranched alkanes of at least 4 members (excludes halogenated alkanes) is 2. The van der Waals surface area contributed by atoms with Crippen molar-refractivity contribution in [1.82, 2.24) is 26.2 Å². The van der Waals surface area contributed by atoms with Gasteiger partial charge in [0.05, 0.1) is 0 Å². The highest BCUT2D eigenvalue weighted by Crippen LogP contribution is 2.27. The van der Waals surface area contributed by atoms with Gasteiger partial charge in [0.25, 0.3) is 0 Å². The predicted octanol–water partition coefficient (Wildman–Crippen LogP) is 4.01. The van der Waals surface area contributed by atoms with E-state index in [1.54, 1.807) is 0 Å². The summed E-state index contributed by atoms with van der Waals surface area (Å²) >= 11 is 0. The SMILES string of the molecule is c1ccc(CN(CCCNCCCCNCC2CC2)CCCNCCCCNCC2CC2)cc1. The molecule has 0 amide bonds. The summed E-state index contributed by atoms with van der Waals surface area (Å²) in [5.41, 5.74) is 1.43. The average molecular weight is 472 g/mol. The molecule has 0 radical (unpaired) electrons. The zero-order valence-electron chi connectivity index (χ0n) is 21.8. The summed E-state index contributed by atoms with van der Waals surface area (Å²) in [6, 6.07) is 11.0. The van der Waals surface area contributed by atoms with Gasteiger partial charge in [-0.05, 0) is 147 Å². The molecule has 4 N–H and O–H groups in total. The molecule has 2 saturated carbocycles. The molecule has 2 aliphatic rings. The monoisotopic (exact) mass is 471 g/mol. The predicted molar refractivity (Wildman–Crippen MR) is 146 cm³/mol. The summed E-state index contributed by atoms with van der Waals surface area (Å²) < 4.78 is 0. The number of hydrogen-bond acceptors (Lipinski definition) is 5. The van der Waals surface area contributed by atoms with Crippen LogP contribution in [0.25, 0.3) is 0 Å². The van der Waals surface area contributed by atoms with Gasteiger partial charge >= 0.3 is 0 Å². The van der Waals surface area contributed by atoms with E-state index in [1.165, 1.54) is 109 Å². The van der Waals surface area contributed by atoms with Crippen molar-refractivity contribution in [2.45, 2.75) is 70.8 Å². The molecule has 0 spiro atoms. The Kier molecular flexibility index (Phi) is 14.9. The van der Waals surface area contributed by atoms with Crippen LogP contribution in [0.1, 0.15) is 69.8 Å². The van der Waals surface area contributed by atoms with E-state index in [-0.39, 0.29) is 0 Å². The fourth-order valence-corrected chi connectivity index (χ4v) is 4.47. The quantitative estimate of drug-likeness (QED) is 0.172. The molecule has 194 valence electrons. The molecular formula is C29H53N5. The third-order valence-corrected chi connectivity index (χ3v) is 7.08. The molecule has 2 aliphatic carbocycles. The standard InChI is InChI=1S/C29H53N5/c1-2-10-29(11-3-1)26-34(22-8-20-30-16-4-6-18-32-24-27-12-13-27)23-9-21-31-17-5-7-19-33-25-28-14-15-28/h1-3,10-11,27-28,30-33H,4-9,12-26H2. The third kappa shape index (κ3) is 15.1. The molecule has 0 saturated heterocycles. The molecule has 0 bridgehead atoms. The largest absolute Gasteiger partial charge is 0.317 e. The summed E-state index contributed by atoms with van der Waals surface area (Å²) in [5.74, 6) is 1.99. The summed E-state index contributed by atoms with van der Waals surface area (Å²) in [6.45, 7) is 12.9.